The quantitative estimate of drug-likeness (QED) is 0.323. The van der Waals surface area contributed by atoms with Crippen LogP contribution in [-0.4, -0.2) is 39.5 Å². The molecule has 0 aromatic heterocycles. The lowest BCUT2D eigenvalue weighted by Gasteiger charge is -2.23. The molecule has 2 rings (SSSR count). The number of carbonyl (C=O) groups excluding carboxylic acids is 1. The van der Waals surface area contributed by atoms with Crippen molar-refractivity contribution in [3.8, 4) is 5.75 Å². The predicted molar refractivity (Wildman–Crippen MR) is 70.0 cm³/mol. The number of benzene rings is 1. The SMILES string of the molecule is NC(=NO)C1CCCN1C(=O)Cc1cccc(O)c1. The van der Waals surface area contributed by atoms with E-state index in [-0.39, 0.29) is 30.0 Å². The summed E-state index contributed by atoms with van der Waals surface area (Å²) >= 11 is 0. The molecular formula is C13H17N3O3. The van der Waals surface area contributed by atoms with Crippen LogP contribution in [0.3, 0.4) is 0 Å². The van der Waals surface area contributed by atoms with Gasteiger partial charge in [-0.05, 0) is 30.5 Å². The van der Waals surface area contributed by atoms with E-state index in [0.717, 1.165) is 12.0 Å². The van der Waals surface area contributed by atoms with Crippen LogP contribution in [0, 0.1) is 0 Å². The first-order valence-electron chi connectivity index (χ1n) is 6.16. The first-order chi connectivity index (χ1) is 9.11. The van der Waals surface area contributed by atoms with Gasteiger partial charge >= 0.3 is 0 Å². The molecule has 1 aliphatic rings. The number of likely N-dealkylation sites (tertiary alicyclic amines) is 1. The van der Waals surface area contributed by atoms with Gasteiger partial charge in [-0.2, -0.15) is 0 Å². The molecule has 102 valence electrons. The van der Waals surface area contributed by atoms with Gasteiger partial charge in [0.05, 0.1) is 12.5 Å². The van der Waals surface area contributed by atoms with E-state index in [9.17, 15) is 9.90 Å². The Kier molecular flexibility index (Phi) is 3.89. The highest BCUT2D eigenvalue weighted by Gasteiger charge is 2.31. The van der Waals surface area contributed by atoms with Gasteiger partial charge in [-0.1, -0.05) is 17.3 Å². The standard InChI is InChI=1S/C13H17N3O3/c14-13(15-19)11-5-2-6-16(11)12(18)8-9-3-1-4-10(17)7-9/h1,3-4,7,11,17,19H,2,5-6,8H2,(H2,14,15). The summed E-state index contributed by atoms with van der Waals surface area (Å²) in [6.45, 7) is 0.610. The van der Waals surface area contributed by atoms with Gasteiger partial charge in [0.2, 0.25) is 5.91 Å². The average Bonchev–Trinajstić information content (AvgIpc) is 2.87. The minimum Gasteiger partial charge on any atom is -0.508 e. The Bertz CT molecular complexity index is 502. The number of carbonyl (C=O) groups is 1. The van der Waals surface area contributed by atoms with Gasteiger partial charge in [-0.3, -0.25) is 4.79 Å². The third-order valence-corrected chi connectivity index (χ3v) is 3.30. The summed E-state index contributed by atoms with van der Waals surface area (Å²) in [4.78, 5) is 13.8. The number of oxime groups is 1. The summed E-state index contributed by atoms with van der Waals surface area (Å²) in [5.74, 6) is 0.126. The number of nitrogens with zero attached hydrogens (tertiary/aromatic N) is 2. The maximum atomic E-state index is 12.2. The Morgan fingerprint density at radius 1 is 1.53 bits per heavy atom. The van der Waals surface area contributed by atoms with E-state index in [0.29, 0.717) is 13.0 Å². The molecule has 1 atom stereocenters. The topological polar surface area (TPSA) is 99.2 Å². The van der Waals surface area contributed by atoms with Crippen LogP contribution >= 0.6 is 0 Å². The molecule has 4 N–H and O–H groups in total. The molecule has 1 aliphatic heterocycles. The van der Waals surface area contributed by atoms with Crippen LogP contribution in [0.15, 0.2) is 29.4 Å². The zero-order valence-corrected chi connectivity index (χ0v) is 10.5. The monoisotopic (exact) mass is 263 g/mol. The molecule has 0 aliphatic carbocycles. The van der Waals surface area contributed by atoms with Crippen molar-refractivity contribution in [2.24, 2.45) is 10.9 Å². The molecule has 6 heteroatoms. The second kappa shape index (κ2) is 5.60. The number of phenolic OH excluding ortho intramolecular Hbond substituents is 1. The van der Waals surface area contributed by atoms with Crippen LogP contribution in [0.1, 0.15) is 18.4 Å². The molecule has 1 aromatic carbocycles. The number of amidine groups is 1. The van der Waals surface area contributed by atoms with Crippen molar-refractivity contribution in [1.29, 1.82) is 0 Å². The van der Waals surface area contributed by atoms with Crippen molar-refractivity contribution in [2.75, 3.05) is 6.54 Å². The lowest BCUT2D eigenvalue weighted by molar-refractivity contribution is -0.130. The van der Waals surface area contributed by atoms with Gasteiger partial charge in [0.1, 0.15) is 5.75 Å². The number of phenols is 1. The Labute approximate surface area is 111 Å². The predicted octanol–water partition coefficient (Wildman–Crippen LogP) is 0.672. The molecule has 1 heterocycles. The highest BCUT2D eigenvalue weighted by molar-refractivity contribution is 5.91. The van der Waals surface area contributed by atoms with Gasteiger partial charge in [0.25, 0.3) is 0 Å². The van der Waals surface area contributed by atoms with Crippen LogP contribution in [0.5, 0.6) is 5.75 Å². The molecule has 0 saturated carbocycles. The summed E-state index contributed by atoms with van der Waals surface area (Å²) in [6.07, 6.45) is 1.75. The number of amides is 1. The van der Waals surface area contributed by atoms with E-state index in [1.165, 1.54) is 0 Å². The summed E-state index contributed by atoms with van der Waals surface area (Å²) in [7, 11) is 0. The fourth-order valence-electron chi connectivity index (χ4n) is 2.38. The van der Waals surface area contributed by atoms with Gasteiger partial charge in [0.15, 0.2) is 5.84 Å². The molecule has 0 radical (unpaired) electrons. The Morgan fingerprint density at radius 3 is 3.00 bits per heavy atom. The van der Waals surface area contributed by atoms with E-state index in [1.54, 1.807) is 29.2 Å². The molecule has 1 unspecified atom stereocenters. The zero-order chi connectivity index (χ0) is 13.8. The number of nitrogens with two attached hydrogens (primary N) is 1. The third-order valence-electron chi connectivity index (χ3n) is 3.30. The zero-order valence-electron chi connectivity index (χ0n) is 10.5. The Morgan fingerprint density at radius 2 is 2.32 bits per heavy atom. The van der Waals surface area contributed by atoms with Gasteiger partial charge < -0.3 is 20.9 Å². The highest BCUT2D eigenvalue weighted by atomic mass is 16.4. The molecule has 1 amide bonds. The molecular weight excluding hydrogens is 246 g/mol. The summed E-state index contributed by atoms with van der Waals surface area (Å²) < 4.78 is 0. The minimum atomic E-state index is -0.324. The van der Waals surface area contributed by atoms with Crippen LogP contribution in [-0.2, 0) is 11.2 Å². The molecule has 0 bridgehead atoms. The second-order valence-corrected chi connectivity index (χ2v) is 4.62. The number of rotatable bonds is 3. The molecule has 0 spiro atoms. The van der Waals surface area contributed by atoms with Gasteiger partial charge in [0, 0.05) is 6.54 Å². The molecule has 6 nitrogen and oxygen atoms in total. The molecule has 1 aromatic rings. The van der Waals surface area contributed by atoms with Gasteiger partial charge in [-0.25, -0.2) is 0 Å². The fraction of sp³-hybridized carbons (Fsp3) is 0.385. The first kappa shape index (κ1) is 13.2. The van der Waals surface area contributed by atoms with E-state index in [4.69, 9.17) is 10.9 Å². The van der Waals surface area contributed by atoms with Crippen molar-refractivity contribution in [3.63, 3.8) is 0 Å². The van der Waals surface area contributed by atoms with Gasteiger partial charge in [-0.15, -0.1) is 0 Å². The molecule has 1 fully saturated rings. The third kappa shape index (κ3) is 2.96. The lowest BCUT2D eigenvalue weighted by atomic mass is 10.1. The summed E-state index contributed by atoms with van der Waals surface area (Å²) in [5.41, 5.74) is 6.34. The maximum absolute atomic E-state index is 12.2. The largest absolute Gasteiger partial charge is 0.508 e. The summed E-state index contributed by atoms with van der Waals surface area (Å²) in [5, 5.41) is 21.1. The highest BCUT2D eigenvalue weighted by Crippen LogP contribution is 2.19. The van der Waals surface area contributed by atoms with E-state index >= 15 is 0 Å². The fourth-order valence-corrected chi connectivity index (χ4v) is 2.38. The van der Waals surface area contributed by atoms with Crippen LogP contribution in [0.2, 0.25) is 0 Å². The van der Waals surface area contributed by atoms with Crippen molar-refractivity contribution >= 4 is 11.7 Å². The van der Waals surface area contributed by atoms with E-state index in [1.807, 2.05) is 0 Å². The van der Waals surface area contributed by atoms with Crippen LogP contribution in [0.4, 0.5) is 0 Å². The Balaban J connectivity index is 2.07. The van der Waals surface area contributed by atoms with Crippen LogP contribution in [0.25, 0.3) is 0 Å². The van der Waals surface area contributed by atoms with Crippen molar-refractivity contribution < 1.29 is 15.1 Å². The minimum absolute atomic E-state index is 0.0711. The number of hydrogen-bond acceptors (Lipinski definition) is 4. The van der Waals surface area contributed by atoms with Crippen LogP contribution < -0.4 is 5.73 Å². The van der Waals surface area contributed by atoms with E-state index in [2.05, 4.69) is 5.16 Å². The normalized spacial score (nSPS) is 19.7. The van der Waals surface area contributed by atoms with Crippen molar-refractivity contribution in [3.05, 3.63) is 29.8 Å². The van der Waals surface area contributed by atoms with Crippen molar-refractivity contribution in [1.82, 2.24) is 4.90 Å². The first-order valence-corrected chi connectivity index (χ1v) is 6.16. The molecule has 1 saturated heterocycles. The van der Waals surface area contributed by atoms with E-state index < -0.39 is 0 Å². The molecule has 19 heavy (non-hydrogen) atoms. The number of aromatic hydroxyl groups is 1. The maximum Gasteiger partial charge on any atom is 0.227 e. The summed E-state index contributed by atoms with van der Waals surface area (Å²) in [6, 6.07) is 6.28. The Hall–Kier alpha value is -2.24. The number of hydrogen-bond donors (Lipinski definition) is 3. The smallest absolute Gasteiger partial charge is 0.227 e. The average molecular weight is 263 g/mol. The lowest BCUT2D eigenvalue weighted by Crippen LogP contribution is -2.44. The second-order valence-electron chi connectivity index (χ2n) is 4.62. The van der Waals surface area contributed by atoms with Crippen molar-refractivity contribution in [2.45, 2.75) is 25.3 Å².